The van der Waals surface area contributed by atoms with Gasteiger partial charge in [-0.25, -0.2) is 17.5 Å². The number of sulfonamides is 1. The summed E-state index contributed by atoms with van der Waals surface area (Å²) in [6.07, 6.45) is 0. The first kappa shape index (κ1) is 12.1. The number of rotatable bonds is 4. The van der Waals surface area contributed by atoms with Gasteiger partial charge in [0.2, 0.25) is 10.0 Å². The zero-order chi connectivity index (χ0) is 11.5. The Morgan fingerprint density at radius 3 is 2.67 bits per heavy atom. The first-order chi connectivity index (χ1) is 6.97. The molecular weight excluding hydrogens is 219 g/mol. The van der Waals surface area contributed by atoms with Crippen LogP contribution in [0.4, 0.5) is 4.39 Å². The predicted octanol–water partition coefficient (Wildman–Crippen LogP) is 0.371. The molecule has 0 amide bonds. The summed E-state index contributed by atoms with van der Waals surface area (Å²) in [5.41, 5.74) is 5.48. The number of halogens is 1. The first-order valence-corrected chi connectivity index (χ1v) is 5.91. The van der Waals surface area contributed by atoms with Gasteiger partial charge in [0.15, 0.2) is 0 Å². The highest BCUT2D eigenvalue weighted by Crippen LogP contribution is 2.13. The minimum Gasteiger partial charge on any atom is -0.329 e. The summed E-state index contributed by atoms with van der Waals surface area (Å²) < 4.78 is 38.3. The highest BCUT2D eigenvalue weighted by molar-refractivity contribution is 7.89. The number of benzene rings is 1. The van der Waals surface area contributed by atoms with Gasteiger partial charge in [-0.15, -0.1) is 0 Å². The third kappa shape index (κ3) is 2.98. The molecule has 4 nitrogen and oxygen atoms in total. The molecule has 0 heterocycles. The molecule has 0 aromatic heterocycles. The molecular formula is C9H13FN2O2S. The van der Waals surface area contributed by atoms with Crippen LogP contribution in [-0.4, -0.2) is 21.5 Å². The molecule has 0 spiro atoms. The summed E-state index contributed by atoms with van der Waals surface area (Å²) in [5.74, 6) is -0.423. The molecule has 0 saturated carbocycles. The van der Waals surface area contributed by atoms with Crippen LogP contribution in [0.5, 0.6) is 0 Å². The number of hydrogen-bond donors (Lipinski definition) is 2. The zero-order valence-corrected chi connectivity index (χ0v) is 9.14. The minimum atomic E-state index is -3.56. The second kappa shape index (κ2) is 4.69. The van der Waals surface area contributed by atoms with Crippen molar-refractivity contribution in [2.75, 3.05) is 13.1 Å². The van der Waals surface area contributed by atoms with E-state index in [1.54, 1.807) is 0 Å². The minimum absolute atomic E-state index is 0.0508. The van der Waals surface area contributed by atoms with Crippen LogP contribution in [0.2, 0.25) is 0 Å². The molecule has 0 fully saturated rings. The van der Waals surface area contributed by atoms with E-state index < -0.39 is 15.8 Å². The molecule has 1 rings (SSSR count). The maximum Gasteiger partial charge on any atom is 0.240 e. The van der Waals surface area contributed by atoms with Crippen molar-refractivity contribution in [3.8, 4) is 0 Å². The number of nitrogens with one attached hydrogen (secondary N) is 1. The Morgan fingerprint density at radius 2 is 2.13 bits per heavy atom. The van der Waals surface area contributed by atoms with E-state index in [0.29, 0.717) is 5.56 Å². The zero-order valence-electron chi connectivity index (χ0n) is 8.33. The van der Waals surface area contributed by atoms with Gasteiger partial charge in [0, 0.05) is 13.1 Å². The maximum absolute atomic E-state index is 12.9. The lowest BCUT2D eigenvalue weighted by atomic mass is 10.2. The topological polar surface area (TPSA) is 72.2 Å². The van der Waals surface area contributed by atoms with Crippen molar-refractivity contribution in [1.82, 2.24) is 4.72 Å². The van der Waals surface area contributed by atoms with Gasteiger partial charge >= 0.3 is 0 Å². The Balaban J connectivity index is 3.00. The van der Waals surface area contributed by atoms with Crippen LogP contribution in [0.3, 0.4) is 0 Å². The van der Waals surface area contributed by atoms with Crippen molar-refractivity contribution < 1.29 is 12.8 Å². The molecule has 1 aromatic carbocycles. The van der Waals surface area contributed by atoms with E-state index in [1.165, 1.54) is 19.1 Å². The summed E-state index contributed by atoms with van der Waals surface area (Å²) in [7, 11) is -3.56. The molecule has 84 valence electrons. The number of aryl methyl sites for hydroxylation is 1. The quantitative estimate of drug-likeness (QED) is 0.788. The SMILES string of the molecule is Cc1cc(S(=O)(=O)NCCN)ccc1F. The second-order valence-corrected chi connectivity index (χ2v) is 4.86. The van der Waals surface area contributed by atoms with E-state index >= 15 is 0 Å². The van der Waals surface area contributed by atoms with Gasteiger partial charge in [0.1, 0.15) is 5.82 Å². The van der Waals surface area contributed by atoms with Gasteiger partial charge in [-0.3, -0.25) is 0 Å². The predicted molar refractivity (Wildman–Crippen MR) is 55.4 cm³/mol. The molecule has 0 aliphatic heterocycles. The molecule has 0 aliphatic rings. The van der Waals surface area contributed by atoms with E-state index in [9.17, 15) is 12.8 Å². The van der Waals surface area contributed by atoms with Gasteiger partial charge in [-0.1, -0.05) is 0 Å². The number of hydrogen-bond acceptors (Lipinski definition) is 3. The monoisotopic (exact) mass is 232 g/mol. The lowest BCUT2D eigenvalue weighted by Crippen LogP contribution is -2.29. The average Bonchev–Trinajstić information content (AvgIpc) is 2.19. The highest BCUT2D eigenvalue weighted by Gasteiger charge is 2.13. The van der Waals surface area contributed by atoms with E-state index in [-0.39, 0.29) is 18.0 Å². The lowest BCUT2D eigenvalue weighted by molar-refractivity contribution is 0.580. The third-order valence-corrected chi connectivity index (χ3v) is 3.33. The van der Waals surface area contributed by atoms with Gasteiger partial charge in [-0.2, -0.15) is 0 Å². The van der Waals surface area contributed by atoms with Crippen molar-refractivity contribution in [3.63, 3.8) is 0 Å². The summed E-state index contributed by atoms with van der Waals surface area (Å²) >= 11 is 0. The largest absolute Gasteiger partial charge is 0.329 e. The summed E-state index contributed by atoms with van der Waals surface area (Å²) in [6.45, 7) is 1.90. The fraction of sp³-hybridized carbons (Fsp3) is 0.333. The van der Waals surface area contributed by atoms with Crippen LogP contribution in [0.1, 0.15) is 5.56 Å². The van der Waals surface area contributed by atoms with E-state index in [0.717, 1.165) is 6.07 Å². The summed E-state index contributed by atoms with van der Waals surface area (Å²) in [4.78, 5) is 0.0508. The van der Waals surface area contributed by atoms with Crippen LogP contribution in [-0.2, 0) is 10.0 Å². The Kier molecular flexibility index (Phi) is 3.78. The Labute approximate surface area is 88.3 Å². The average molecular weight is 232 g/mol. The van der Waals surface area contributed by atoms with Crippen LogP contribution < -0.4 is 10.5 Å². The molecule has 0 aliphatic carbocycles. The first-order valence-electron chi connectivity index (χ1n) is 4.43. The molecule has 0 atom stereocenters. The normalized spacial score (nSPS) is 11.7. The van der Waals surface area contributed by atoms with Crippen molar-refractivity contribution in [1.29, 1.82) is 0 Å². The molecule has 0 radical (unpaired) electrons. The van der Waals surface area contributed by atoms with Gasteiger partial charge in [-0.05, 0) is 30.7 Å². The van der Waals surface area contributed by atoms with E-state index in [1.807, 2.05) is 0 Å². The molecule has 0 bridgehead atoms. The van der Waals surface area contributed by atoms with Crippen LogP contribution in [0.15, 0.2) is 23.1 Å². The second-order valence-electron chi connectivity index (χ2n) is 3.10. The fourth-order valence-electron chi connectivity index (χ4n) is 1.06. The number of nitrogens with two attached hydrogens (primary N) is 1. The molecule has 15 heavy (non-hydrogen) atoms. The maximum atomic E-state index is 12.9. The molecule has 1 aromatic rings. The van der Waals surface area contributed by atoms with Crippen molar-refractivity contribution >= 4 is 10.0 Å². The van der Waals surface area contributed by atoms with Crippen molar-refractivity contribution in [3.05, 3.63) is 29.6 Å². The standard InChI is InChI=1S/C9H13FN2O2S/c1-7-6-8(2-3-9(7)10)15(13,14)12-5-4-11/h2-3,6,12H,4-5,11H2,1H3. The smallest absolute Gasteiger partial charge is 0.240 e. The molecule has 0 unspecified atom stereocenters. The van der Waals surface area contributed by atoms with Gasteiger partial charge in [0.05, 0.1) is 4.90 Å². The highest BCUT2D eigenvalue weighted by atomic mass is 32.2. The van der Waals surface area contributed by atoms with Gasteiger partial charge < -0.3 is 5.73 Å². The van der Waals surface area contributed by atoms with Crippen LogP contribution in [0.25, 0.3) is 0 Å². The lowest BCUT2D eigenvalue weighted by Gasteiger charge is -2.06. The van der Waals surface area contributed by atoms with Gasteiger partial charge in [0.25, 0.3) is 0 Å². The molecule has 3 N–H and O–H groups in total. The van der Waals surface area contributed by atoms with E-state index in [2.05, 4.69) is 4.72 Å². The van der Waals surface area contributed by atoms with Crippen molar-refractivity contribution in [2.24, 2.45) is 5.73 Å². The van der Waals surface area contributed by atoms with E-state index in [4.69, 9.17) is 5.73 Å². The third-order valence-electron chi connectivity index (χ3n) is 1.88. The Hall–Kier alpha value is -0.980. The van der Waals surface area contributed by atoms with Crippen LogP contribution >= 0.6 is 0 Å². The fourth-order valence-corrected chi connectivity index (χ4v) is 2.19. The summed E-state index contributed by atoms with van der Waals surface area (Å²) in [5, 5.41) is 0. The Bertz CT molecular complexity index is 445. The van der Waals surface area contributed by atoms with Crippen LogP contribution in [0, 0.1) is 12.7 Å². The summed E-state index contributed by atoms with van der Waals surface area (Å²) in [6, 6.07) is 3.64. The van der Waals surface area contributed by atoms with Crippen molar-refractivity contribution in [2.45, 2.75) is 11.8 Å². The molecule has 6 heteroatoms. The Morgan fingerprint density at radius 1 is 1.47 bits per heavy atom. The molecule has 0 saturated heterocycles.